The van der Waals surface area contributed by atoms with E-state index in [1.165, 1.54) is 16.7 Å². The molecule has 0 aromatic heterocycles. The lowest BCUT2D eigenvalue weighted by Gasteiger charge is -2.18. The summed E-state index contributed by atoms with van der Waals surface area (Å²) in [6.07, 6.45) is 1.99. The fourth-order valence-corrected chi connectivity index (χ4v) is 2.55. The van der Waals surface area contributed by atoms with E-state index in [0.717, 1.165) is 31.6 Å². The zero-order valence-electron chi connectivity index (χ0n) is 10.8. The summed E-state index contributed by atoms with van der Waals surface area (Å²) in [7, 11) is 0. The fraction of sp³-hybridized carbons (Fsp3) is 0.500. The molecule has 1 aromatic rings. The maximum Gasteiger partial charge on any atom is 0.156 e. The molecule has 2 aliphatic rings. The quantitative estimate of drug-likeness (QED) is 0.848. The molecule has 3 rings (SSSR count). The van der Waals surface area contributed by atoms with Crippen LogP contribution in [0.15, 0.2) is 23.4 Å². The Labute approximate surface area is 114 Å². The summed E-state index contributed by atoms with van der Waals surface area (Å²) < 4.78 is 0. The van der Waals surface area contributed by atoms with Gasteiger partial charge in [0.2, 0.25) is 0 Å². The minimum Gasteiger partial charge on any atom is -0.387 e. The van der Waals surface area contributed by atoms with E-state index < -0.39 is 0 Å². The average Bonchev–Trinajstić information content (AvgIpc) is 2.94. The van der Waals surface area contributed by atoms with Gasteiger partial charge in [-0.3, -0.25) is 0 Å². The molecule has 1 spiro atoms. The van der Waals surface area contributed by atoms with E-state index in [1.807, 2.05) is 0 Å². The molecule has 1 fully saturated rings. The number of benzene rings is 1. The minimum absolute atomic E-state index is 0. The molecule has 1 N–H and O–H groups in total. The first-order valence-electron chi connectivity index (χ1n) is 6.22. The van der Waals surface area contributed by atoms with E-state index in [2.05, 4.69) is 42.5 Å². The highest BCUT2D eigenvalue weighted by Crippen LogP contribution is 2.32. The molecular weight excluding hydrogens is 248 g/mol. The zero-order chi connectivity index (χ0) is 11.9. The zero-order valence-corrected chi connectivity index (χ0v) is 11.6. The van der Waals surface area contributed by atoms with Gasteiger partial charge in [0.05, 0.1) is 5.71 Å². The van der Waals surface area contributed by atoms with Crippen molar-refractivity contribution < 1.29 is 4.84 Å². The highest BCUT2D eigenvalue weighted by molar-refractivity contribution is 6.01. The monoisotopic (exact) mass is 266 g/mol. The Bertz CT molecular complexity index is 479. The Hall–Kier alpha value is -1.06. The highest BCUT2D eigenvalue weighted by Gasteiger charge is 2.42. The van der Waals surface area contributed by atoms with Crippen molar-refractivity contribution in [2.24, 2.45) is 5.16 Å². The van der Waals surface area contributed by atoms with E-state index in [9.17, 15) is 0 Å². The second-order valence-electron chi connectivity index (χ2n) is 5.21. The molecule has 18 heavy (non-hydrogen) atoms. The molecule has 98 valence electrons. The lowest BCUT2D eigenvalue weighted by molar-refractivity contribution is -0.00190. The maximum absolute atomic E-state index is 5.66. The maximum atomic E-state index is 5.66. The predicted octanol–water partition coefficient (Wildman–Crippen LogP) is 2.58. The van der Waals surface area contributed by atoms with Crippen LogP contribution in [0.1, 0.15) is 29.5 Å². The summed E-state index contributed by atoms with van der Waals surface area (Å²) >= 11 is 0. The second-order valence-corrected chi connectivity index (χ2v) is 5.21. The molecule has 2 aliphatic heterocycles. The SMILES string of the molecule is Cc1ccc(C2=NOC3(CCNC3)C2)cc1C.Cl. The summed E-state index contributed by atoms with van der Waals surface area (Å²) in [4.78, 5) is 5.66. The molecule has 0 radical (unpaired) electrons. The molecule has 0 aliphatic carbocycles. The number of hydrogen-bond acceptors (Lipinski definition) is 3. The van der Waals surface area contributed by atoms with Crippen LogP contribution in [0.5, 0.6) is 0 Å². The normalized spacial score (nSPS) is 25.8. The largest absolute Gasteiger partial charge is 0.387 e. The topological polar surface area (TPSA) is 33.6 Å². The molecule has 0 saturated carbocycles. The highest BCUT2D eigenvalue weighted by atomic mass is 35.5. The number of rotatable bonds is 1. The van der Waals surface area contributed by atoms with Crippen molar-refractivity contribution in [1.82, 2.24) is 5.32 Å². The van der Waals surface area contributed by atoms with Crippen LogP contribution in [0.2, 0.25) is 0 Å². The number of oxime groups is 1. The Morgan fingerprint density at radius 2 is 2.11 bits per heavy atom. The van der Waals surface area contributed by atoms with Crippen LogP contribution in [0.4, 0.5) is 0 Å². The van der Waals surface area contributed by atoms with Gasteiger partial charge in [-0.25, -0.2) is 0 Å². The number of hydrogen-bond donors (Lipinski definition) is 1. The van der Waals surface area contributed by atoms with Crippen molar-refractivity contribution in [3.05, 3.63) is 34.9 Å². The lowest BCUT2D eigenvalue weighted by atomic mass is 9.92. The van der Waals surface area contributed by atoms with E-state index >= 15 is 0 Å². The first kappa shape index (κ1) is 13.4. The van der Waals surface area contributed by atoms with Crippen LogP contribution in [0.3, 0.4) is 0 Å². The van der Waals surface area contributed by atoms with E-state index in [4.69, 9.17) is 4.84 Å². The van der Waals surface area contributed by atoms with Gasteiger partial charge in [0.1, 0.15) is 0 Å². The fourth-order valence-electron chi connectivity index (χ4n) is 2.55. The number of nitrogens with zero attached hydrogens (tertiary/aromatic N) is 1. The first-order valence-corrected chi connectivity index (χ1v) is 6.22. The summed E-state index contributed by atoms with van der Waals surface area (Å²) in [5.41, 5.74) is 4.88. The van der Waals surface area contributed by atoms with Gasteiger partial charge in [0.15, 0.2) is 5.60 Å². The van der Waals surface area contributed by atoms with Gasteiger partial charge in [0.25, 0.3) is 0 Å². The van der Waals surface area contributed by atoms with Crippen LogP contribution >= 0.6 is 12.4 Å². The Morgan fingerprint density at radius 3 is 2.78 bits per heavy atom. The van der Waals surface area contributed by atoms with Crippen molar-refractivity contribution in [2.45, 2.75) is 32.3 Å². The molecule has 4 heteroatoms. The standard InChI is InChI=1S/C14H18N2O.ClH/c1-10-3-4-12(7-11(10)2)13-8-14(17-16-13)5-6-15-9-14;/h3-4,7,15H,5-6,8-9H2,1-2H3;1H. The molecule has 0 amide bonds. The van der Waals surface area contributed by atoms with Crippen molar-refractivity contribution in [3.63, 3.8) is 0 Å². The third-order valence-electron chi connectivity index (χ3n) is 3.88. The smallest absolute Gasteiger partial charge is 0.156 e. The van der Waals surface area contributed by atoms with Crippen molar-refractivity contribution >= 4 is 18.1 Å². The number of nitrogens with one attached hydrogen (secondary N) is 1. The average molecular weight is 267 g/mol. The van der Waals surface area contributed by atoms with Crippen LogP contribution in [0, 0.1) is 13.8 Å². The second kappa shape index (κ2) is 4.90. The van der Waals surface area contributed by atoms with Gasteiger partial charge in [-0.2, -0.15) is 0 Å². The van der Waals surface area contributed by atoms with E-state index in [0.29, 0.717) is 0 Å². The van der Waals surface area contributed by atoms with Gasteiger partial charge in [-0.1, -0.05) is 17.3 Å². The molecule has 2 heterocycles. The third kappa shape index (κ3) is 2.25. The molecule has 3 nitrogen and oxygen atoms in total. The Balaban J connectivity index is 0.00000120. The van der Waals surface area contributed by atoms with E-state index in [-0.39, 0.29) is 18.0 Å². The molecule has 0 bridgehead atoms. The van der Waals surface area contributed by atoms with Crippen molar-refractivity contribution in [2.75, 3.05) is 13.1 Å². The number of aryl methyl sites for hydroxylation is 2. The van der Waals surface area contributed by atoms with Crippen LogP contribution < -0.4 is 5.32 Å². The third-order valence-corrected chi connectivity index (χ3v) is 3.88. The van der Waals surface area contributed by atoms with Crippen LogP contribution in [-0.2, 0) is 4.84 Å². The van der Waals surface area contributed by atoms with Gasteiger partial charge in [-0.15, -0.1) is 12.4 Å². The Morgan fingerprint density at radius 1 is 1.28 bits per heavy atom. The molecule has 1 atom stereocenters. The summed E-state index contributed by atoms with van der Waals surface area (Å²) in [6.45, 7) is 6.23. The van der Waals surface area contributed by atoms with Crippen LogP contribution in [0.25, 0.3) is 0 Å². The summed E-state index contributed by atoms with van der Waals surface area (Å²) in [5, 5.41) is 7.64. The molecule has 1 aromatic carbocycles. The van der Waals surface area contributed by atoms with E-state index in [1.54, 1.807) is 0 Å². The van der Waals surface area contributed by atoms with Gasteiger partial charge >= 0.3 is 0 Å². The molecule has 1 unspecified atom stereocenters. The Kier molecular flexibility index (Phi) is 3.64. The summed E-state index contributed by atoms with van der Waals surface area (Å²) in [5.74, 6) is 0. The first-order chi connectivity index (χ1) is 8.19. The van der Waals surface area contributed by atoms with Crippen molar-refractivity contribution in [3.8, 4) is 0 Å². The lowest BCUT2D eigenvalue weighted by Crippen LogP contribution is -2.31. The summed E-state index contributed by atoms with van der Waals surface area (Å²) in [6, 6.07) is 6.51. The van der Waals surface area contributed by atoms with Gasteiger partial charge in [-0.05, 0) is 43.1 Å². The van der Waals surface area contributed by atoms with Crippen molar-refractivity contribution in [1.29, 1.82) is 0 Å². The molecular formula is C14H19ClN2O. The van der Waals surface area contributed by atoms with Gasteiger partial charge in [0, 0.05) is 19.4 Å². The van der Waals surface area contributed by atoms with Gasteiger partial charge < -0.3 is 10.2 Å². The van der Waals surface area contributed by atoms with Crippen LogP contribution in [-0.4, -0.2) is 24.4 Å². The number of halogens is 1. The predicted molar refractivity (Wildman–Crippen MR) is 75.6 cm³/mol. The minimum atomic E-state index is -0.0614. The molecule has 1 saturated heterocycles.